The van der Waals surface area contributed by atoms with Crippen LogP contribution in [0.25, 0.3) is 0 Å². The predicted octanol–water partition coefficient (Wildman–Crippen LogP) is -1.37. The first-order chi connectivity index (χ1) is 5.41. The summed E-state index contributed by atoms with van der Waals surface area (Å²) in [6.45, 7) is 0. The first kappa shape index (κ1) is 29.9. The van der Waals surface area contributed by atoms with E-state index in [-0.39, 0.29) is 34.1 Å². The van der Waals surface area contributed by atoms with Gasteiger partial charge in [0, 0.05) is 20.8 Å². The third-order valence-corrected chi connectivity index (χ3v) is 0. The van der Waals surface area contributed by atoms with Gasteiger partial charge < -0.3 is 18.2 Å². The normalized spacial score (nSPS) is 8.93. The van der Waals surface area contributed by atoms with E-state index >= 15 is 0 Å². The molecule has 0 aromatic carbocycles. The topological polar surface area (TPSA) is 170 Å². The quantitative estimate of drug-likeness (QED) is 0.267. The van der Waals surface area contributed by atoms with Crippen LogP contribution in [0.3, 0.4) is 0 Å². The summed E-state index contributed by atoms with van der Waals surface area (Å²) in [5, 5.41) is 0. The van der Waals surface area contributed by atoms with Crippen LogP contribution in [0.2, 0.25) is 0 Å². The fourth-order valence-corrected chi connectivity index (χ4v) is 0. The van der Waals surface area contributed by atoms with Crippen molar-refractivity contribution in [3.05, 3.63) is 0 Å². The molecule has 0 aliphatic carbocycles. The Morgan fingerprint density at radius 1 is 0.733 bits per heavy atom. The van der Waals surface area contributed by atoms with Crippen molar-refractivity contribution in [1.82, 2.24) is 0 Å². The summed E-state index contributed by atoms with van der Waals surface area (Å²) in [5.41, 5.74) is 0. The maximum Gasteiger partial charge on any atom is 2.00 e. The summed E-state index contributed by atoms with van der Waals surface area (Å²) in [4.78, 5) is 0. The summed E-state index contributed by atoms with van der Waals surface area (Å²) < 4.78 is 71.4. The standard InChI is InChI=1S/Cl2O.2Cu.2H2O4S/c1-3-2;;;2*1-5(2,3)4/h;;;2*(H2,1,2,3,4)/q;2*+2;;/p-4. The summed E-state index contributed by atoms with van der Waals surface area (Å²) in [5.74, 6) is 0. The van der Waals surface area contributed by atoms with Crippen molar-refractivity contribution in [2.24, 2.45) is 0 Å². The number of rotatable bonds is 0. The van der Waals surface area contributed by atoms with Crippen LogP contribution in [0, 0.1) is 0 Å². The summed E-state index contributed by atoms with van der Waals surface area (Å²) >= 11 is 8.53. The zero-order chi connectivity index (χ0) is 11.7. The molecule has 0 spiro atoms. The minimum Gasteiger partial charge on any atom is -0.759 e. The van der Waals surface area contributed by atoms with Gasteiger partial charge in [0.05, 0.1) is 23.7 Å². The van der Waals surface area contributed by atoms with E-state index in [1.165, 1.54) is 0 Å². The Balaban J connectivity index is -0.0000000322. The van der Waals surface area contributed by atoms with Gasteiger partial charge in [-0.25, -0.2) is 0 Å². The Kier molecular flexibility index (Phi) is 30.5. The second-order valence-electron chi connectivity index (χ2n) is 0.875. The van der Waals surface area contributed by atoms with Gasteiger partial charge in [-0.05, 0) is 0 Å². The molecule has 102 valence electrons. The Labute approximate surface area is 117 Å². The molecule has 0 fully saturated rings. The van der Waals surface area contributed by atoms with Gasteiger partial charge in [-0.3, -0.25) is 16.8 Å². The van der Waals surface area contributed by atoms with Crippen molar-refractivity contribution in [3.63, 3.8) is 0 Å². The molecule has 0 aromatic rings. The van der Waals surface area contributed by atoms with E-state index in [2.05, 4.69) is 27.6 Å². The average Bonchev–Trinajstić information content (AvgIpc) is 1.52. The molecule has 0 saturated carbocycles. The van der Waals surface area contributed by atoms with Crippen LogP contribution < -0.4 is 0 Å². The molecule has 0 aliphatic rings. The molecule has 0 saturated heterocycles. The van der Waals surface area contributed by atoms with Gasteiger partial charge in [0.2, 0.25) is 0 Å². The third kappa shape index (κ3) is 1560. The van der Waals surface area contributed by atoms with Crippen molar-refractivity contribution in [2.75, 3.05) is 0 Å². The maximum atomic E-state index is 8.52. The van der Waals surface area contributed by atoms with Gasteiger partial charge in [-0.15, -0.1) is 0 Å². The van der Waals surface area contributed by atoms with Crippen molar-refractivity contribution < 1.29 is 73.0 Å². The van der Waals surface area contributed by atoms with Crippen LogP contribution in [0.4, 0.5) is 0 Å². The first-order valence-corrected chi connectivity index (χ1v) is 4.93. The summed E-state index contributed by atoms with van der Waals surface area (Å²) in [6, 6.07) is 0. The number of hydrogen-bond acceptors (Lipinski definition) is 9. The van der Waals surface area contributed by atoms with Crippen molar-refractivity contribution in [1.29, 1.82) is 0 Å². The summed E-state index contributed by atoms with van der Waals surface area (Å²) in [6.07, 6.45) is 0. The maximum absolute atomic E-state index is 8.52. The van der Waals surface area contributed by atoms with Crippen LogP contribution in [0.5, 0.6) is 0 Å². The minimum absolute atomic E-state index is 0. The van der Waals surface area contributed by atoms with Crippen LogP contribution in [-0.2, 0) is 58.8 Å². The molecule has 0 atom stereocenters. The molecule has 0 N–H and O–H groups in total. The average molecular weight is 406 g/mol. The minimum atomic E-state index is -5.17. The van der Waals surface area contributed by atoms with Crippen LogP contribution in [-0.4, -0.2) is 35.0 Å². The van der Waals surface area contributed by atoms with Gasteiger partial charge >= 0.3 is 34.1 Å². The molecule has 0 aromatic heterocycles. The van der Waals surface area contributed by atoms with Crippen molar-refractivity contribution in [2.45, 2.75) is 0 Å². The SMILES string of the molecule is ClOCl.O=S(=O)([O-])[O-].O=S(=O)([O-])[O-].[Cu+2].[Cu+2]. The van der Waals surface area contributed by atoms with E-state index in [4.69, 9.17) is 35.0 Å². The van der Waals surface area contributed by atoms with Gasteiger partial charge in [0.15, 0.2) is 0 Å². The van der Waals surface area contributed by atoms with E-state index < -0.39 is 20.8 Å². The van der Waals surface area contributed by atoms with E-state index in [0.29, 0.717) is 0 Å². The summed E-state index contributed by atoms with van der Waals surface area (Å²) in [7, 11) is -10.3. The smallest absolute Gasteiger partial charge is 0.759 e. The van der Waals surface area contributed by atoms with E-state index in [9.17, 15) is 0 Å². The Hall–Kier alpha value is 1.32. The molecular weight excluding hydrogens is 406 g/mol. The van der Waals surface area contributed by atoms with Crippen molar-refractivity contribution in [3.8, 4) is 0 Å². The predicted molar refractivity (Wildman–Crippen MR) is 33.7 cm³/mol. The Morgan fingerprint density at radius 3 is 0.733 bits per heavy atom. The molecule has 0 rings (SSSR count). The van der Waals surface area contributed by atoms with Gasteiger partial charge in [0.1, 0.15) is 0 Å². The molecule has 0 heterocycles. The Morgan fingerprint density at radius 2 is 0.733 bits per heavy atom. The second-order valence-corrected chi connectivity index (χ2v) is 2.97. The van der Waals surface area contributed by atoms with Crippen molar-refractivity contribution >= 4 is 44.5 Å². The van der Waals surface area contributed by atoms with Crippen LogP contribution in [0.1, 0.15) is 0 Å². The van der Waals surface area contributed by atoms with Gasteiger partial charge in [-0.1, -0.05) is 0 Å². The van der Waals surface area contributed by atoms with E-state index in [1.54, 1.807) is 0 Å². The number of hydrogen-bond donors (Lipinski definition) is 0. The molecule has 15 heavy (non-hydrogen) atoms. The molecule has 0 amide bonds. The fourth-order valence-electron chi connectivity index (χ4n) is 0. The zero-order valence-electron chi connectivity index (χ0n) is 5.85. The molecule has 0 bridgehead atoms. The molecule has 0 aliphatic heterocycles. The largest absolute Gasteiger partial charge is 2.00 e. The fraction of sp³-hybridized carbons (Fsp3) is 0. The van der Waals surface area contributed by atoms with Gasteiger partial charge in [-0.2, -0.15) is 3.84 Å². The third-order valence-electron chi connectivity index (χ3n) is 0. The van der Waals surface area contributed by atoms with Crippen LogP contribution in [0.15, 0.2) is 0 Å². The van der Waals surface area contributed by atoms with Gasteiger partial charge in [0.25, 0.3) is 0 Å². The molecule has 0 unspecified atom stereocenters. The monoisotopic (exact) mass is 404 g/mol. The molecule has 9 nitrogen and oxygen atoms in total. The zero-order valence-corrected chi connectivity index (χ0v) is 10.9. The van der Waals surface area contributed by atoms with E-state index in [0.717, 1.165) is 0 Å². The first-order valence-electron chi connectivity index (χ1n) is 1.64. The molecular formula is Cl2Cu2O9S2. The Bertz CT molecular complexity index is 233. The molecule has 2 radical (unpaired) electrons. The van der Waals surface area contributed by atoms with E-state index in [1.807, 2.05) is 0 Å². The molecule has 15 heteroatoms. The second kappa shape index (κ2) is 15.3. The van der Waals surface area contributed by atoms with Crippen LogP contribution >= 0.6 is 23.7 Å². The number of halogens is 2.